The van der Waals surface area contributed by atoms with Gasteiger partial charge >= 0.3 is 0 Å². The minimum absolute atomic E-state index is 0.104. The van der Waals surface area contributed by atoms with Crippen LogP contribution >= 0.6 is 11.6 Å². The summed E-state index contributed by atoms with van der Waals surface area (Å²) in [5.41, 5.74) is 7.61. The van der Waals surface area contributed by atoms with Crippen LogP contribution in [0.25, 0.3) is 22.0 Å². The van der Waals surface area contributed by atoms with Crippen molar-refractivity contribution in [2.75, 3.05) is 5.73 Å². The van der Waals surface area contributed by atoms with E-state index in [1.54, 1.807) is 18.3 Å². The van der Waals surface area contributed by atoms with Gasteiger partial charge in [0.05, 0.1) is 11.2 Å². The second kappa shape index (κ2) is 5.50. The molecule has 0 aliphatic carbocycles. The zero-order valence-corrected chi connectivity index (χ0v) is 12.5. The zero-order valence-electron chi connectivity index (χ0n) is 11.7. The molecule has 0 amide bonds. The van der Waals surface area contributed by atoms with Gasteiger partial charge in [-0.25, -0.2) is 13.8 Å². The number of hydrogen-bond acceptors (Lipinski definition) is 3. The summed E-state index contributed by atoms with van der Waals surface area (Å²) < 4.78 is 27.5. The predicted octanol–water partition coefficient (Wildman–Crippen LogP) is 4.37. The normalized spacial score (nSPS) is 11.1. The van der Waals surface area contributed by atoms with Crippen LogP contribution in [-0.4, -0.2) is 9.97 Å². The van der Waals surface area contributed by atoms with Crippen LogP contribution in [0.4, 0.5) is 14.5 Å². The third kappa shape index (κ3) is 2.48. The van der Waals surface area contributed by atoms with Crippen LogP contribution in [0.15, 0.2) is 30.5 Å². The van der Waals surface area contributed by atoms with E-state index in [0.29, 0.717) is 28.3 Å². The minimum atomic E-state index is -0.776. The highest BCUT2D eigenvalue weighted by molar-refractivity contribution is 6.30. The summed E-state index contributed by atoms with van der Waals surface area (Å²) in [5, 5.41) is 1.06. The van der Waals surface area contributed by atoms with E-state index in [1.807, 2.05) is 6.92 Å². The van der Waals surface area contributed by atoms with Gasteiger partial charge in [-0.3, -0.25) is 4.98 Å². The Kier molecular flexibility index (Phi) is 3.66. The van der Waals surface area contributed by atoms with E-state index in [0.717, 1.165) is 11.5 Å². The van der Waals surface area contributed by atoms with Crippen LogP contribution in [0.2, 0.25) is 5.15 Å². The fraction of sp³-hybridized carbons (Fsp3) is 0.125. The molecular weight excluding hydrogens is 308 g/mol. The predicted molar refractivity (Wildman–Crippen MR) is 83.7 cm³/mol. The number of halogens is 3. The van der Waals surface area contributed by atoms with Crippen LogP contribution in [0.1, 0.15) is 12.6 Å². The summed E-state index contributed by atoms with van der Waals surface area (Å²) in [6.45, 7) is 1.91. The zero-order chi connectivity index (χ0) is 15.9. The number of nitrogens with zero attached hydrogens (tertiary/aromatic N) is 2. The van der Waals surface area contributed by atoms with Crippen LogP contribution in [0.3, 0.4) is 0 Å². The fourth-order valence-electron chi connectivity index (χ4n) is 2.36. The SMILES string of the molecule is CCc1nc2cc(Cl)ncc2cc1-c1cc(N)c(F)cc1F. The molecule has 3 nitrogen and oxygen atoms in total. The van der Waals surface area contributed by atoms with Crippen LogP contribution in [0.5, 0.6) is 0 Å². The summed E-state index contributed by atoms with van der Waals surface area (Å²) in [6, 6.07) is 5.49. The van der Waals surface area contributed by atoms with Gasteiger partial charge in [0, 0.05) is 40.5 Å². The number of fused-ring (bicyclic) bond motifs is 1. The molecule has 2 N–H and O–H groups in total. The number of aromatic nitrogens is 2. The second-order valence-corrected chi connectivity index (χ2v) is 5.28. The summed E-state index contributed by atoms with van der Waals surface area (Å²) in [7, 11) is 0. The van der Waals surface area contributed by atoms with Gasteiger partial charge in [-0.1, -0.05) is 18.5 Å². The monoisotopic (exact) mass is 319 g/mol. The Hall–Kier alpha value is -2.27. The lowest BCUT2D eigenvalue weighted by Gasteiger charge is -2.11. The lowest BCUT2D eigenvalue weighted by Crippen LogP contribution is -1.99. The fourth-order valence-corrected chi connectivity index (χ4v) is 2.51. The van der Waals surface area contributed by atoms with Gasteiger partial charge in [0.25, 0.3) is 0 Å². The van der Waals surface area contributed by atoms with Crippen molar-refractivity contribution in [3.05, 3.63) is 52.9 Å². The number of aryl methyl sites for hydroxylation is 1. The summed E-state index contributed by atoms with van der Waals surface area (Å²) in [5.74, 6) is -1.45. The van der Waals surface area contributed by atoms with Crippen molar-refractivity contribution in [3.8, 4) is 11.1 Å². The first-order valence-electron chi connectivity index (χ1n) is 6.69. The van der Waals surface area contributed by atoms with Gasteiger partial charge in [0.1, 0.15) is 16.8 Å². The number of pyridine rings is 2. The molecule has 0 radical (unpaired) electrons. The number of nitrogens with two attached hydrogens (primary N) is 1. The van der Waals surface area contributed by atoms with E-state index < -0.39 is 11.6 Å². The van der Waals surface area contributed by atoms with E-state index in [4.69, 9.17) is 17.3 Å². The summed E-state index contributed by atoms with van der Waals surface area (Å²) in [6.07, 6.45) is 2.15. The Balaban J connectivity index is 2.30. The molecule has 6 heteroatoms. The minimum Gasteiger partial charge on any atom is -0.396 e. The Morgan fingerprint density at radius 3 is 2.59 bits per heavy atom. The average Bonchev–Trinajstić information content (AvgIpc) is 2.49. The lowest BCUT2D eigenvalue weighted by molar-refractivity contribution is 0.588. The molecule has 3 aromatic rings. The third-order valence-electron chi connectivity index (χ3n) is 3.46. The van der Waals surface area contributed by atoms with Gasteiger partial charge < -0.3 is 5.73 Å². The molecule has 0 atom stereocenters. The molecule has 0 aliphatic rings. The van der Waals surface area contributed by atoms with E-state index >= 15 is 0 Å². The molecule has 22 heavy (non-hydrogen) atoms. The molecule has 2 heterocycles. The first kappa shape index (κ1) is 14.7. The van der Waals surface area contributed by atoms with E-state index in [1.165, 1.54) is 6.07 Å². The molecule has 0 aliphatic heterocycles. The Labute approximate surface area is 130 Å². The highest BCUT2D eigenvalue weighted by Crippen LogP contribution is 2.31. The Morgan fingerprint density at radius 1 is 1.09 bits per heavy atom. The van der Waals surface area contributed by atoms with Gasteiger partial charge in [-0.15, -0.1) is 0 Å². The molecule has 3 rings (SSSR count). The largest absolute Gasteiger partial charge is 0.396 e. The summed E-state index contributed by atoms with van der Waals surface area (Å²) in [4.78, 5) is 8.50. The maximum absolute atomic E-state index is 14.1. The molecule has 0 spiro atoms. The van der Waals surface area contributed by atoms with Gasteiger partial charge in [-0.2, -0.15) is 0 Å². The Bertz CT molecular complexity index is 881. The van der Waals surface area contributed by atoms with Crippen LogP contribution in [-0.2, 0) is 6.42 Å². The maximum Gasteiger partial charge on any atom is 0.149 e. The van der Waals surface area contributed by atoms with Crippen molar-refractivity contribution >= 4 is 28.2 Å². The highest BCUT2D eigenvalue weighted by atomic mass is 35.5. The quantitative estimate of drug-likeness (QED) is 0.563. The van der Waals surface area contributed by atoms with Crippen molar-refractivity contribution in [2.45, 2.75) is 13.3 Å². The van der Waals surface area contributed by atoms with E-state index in [9.17, 15) is 8.78 Å². The molecule has 0 unspecified atom stereocenters. The topological polar surface area (TPSA) is 51.8 Å². The number of benzene rings is 1. The second-order valence-electron chi connectivity index (χ2n) is 4.89. The van der Waals surface area contributed by atoms with Crippen LogP contribution in [0, 0.1) is 11.6 Å². The standard InChI is InChI=1S/C16H12ClF2N3/c1-2-14-10(9-4-13(20)12(19)5-11(9)18)3-8-7-21-16(17)6-15(8)22-14/h3-7H,2,20H2,1H3. The number of nitrogen functional groups attached to an aromatic ring is 1. The first-order valence-corrected chi connectivity index (χ1v) is 7.07. The number of hydrogen-bond donors (Lipinski definition) is 1. The third-order valence-corrected chi connectivity index (χ3v) is 3.66. The van der Waals surface area contributed by atoms with Crippen molar-refractivity contribution in [2.24, 2.45) is 0 Å². The van der Waals surface area contributed by atoms with Crippen molar-refractivity contribution in [1.29, 1.82) is 0 Å². The van der Waals surface area contributed by atoms with Crippen molar-refractivity contribution in [1.82, 2.24) is 9.97 Å². The number of anilines is 1. The molecule has 0 fully saturated rings. The smallest absolute Gasteiger partial charge is 0.149 e. The lowest BCUT2D eigenvalue weighted by atomic mass is 9.99. The van der Waals surface area contributed by atoms with E-state index in [2.05, 4.69) is 9.97 Å². The summed E-state index contributed by atoms with van der Waals surface area (Å²) >= 11 is 5.87. The highest BCUT2D eigenvalue weighted by Gasteiger charge is 2.15. The average molecular weight is 320 g/mol. The first-order chi connectivity index (χ1) is 10.5. The maximum atomic E-state index is 14.1. The molecular formula is C16H12ClF2N3. The molecule has 0 saturated carbocycles. The van der Waals surface area contributed by atoms with E-state index in [-0.39, 0.29) is 11.3 Å². The Morgan fingerprint density at radius 2 is 1.86 bits per heavy atom. The molecule has 1 aromatic carbocycles. The van der Waals surface area contributed by atoms with Crippen molar-refractivity contribution in [3.63, 3.8) is 0 Å². The van der Waals surface area contributed by atoms with Gasteiger partial charge in [0.2, 0.25) is 0 Å². The molecule has 0 saturated heterocycles. The number of rotatable bonds is 2. The van der Waals surface area contributed by atoms with Crippen LogP contribution < -0.4 is 5.73 Å². The van der Waals surface area contributed by atoms with Gasteiger partial charge in [-0.05, 0) is 18.6 Å². The van der Waals surface area contributed by atoms with Gasteiger partial charge in [0.15, 0.2) is 0 Å². The molecule has 2 aromatic heterocycles. The molecule has 112 valence electrons. The molecule has 0 bridgehead atoms. The van der Waals surface area contributed by atoms with Crippen molar-refractivity contribution < 1.29 is 8.78 Å².